The molecule has 0 spiro atoms. The Morgan fingerprint density at radius 2 is 0.652 bits per heavy atom. The maximum atomic E-state index is 4.58. The average Bonchev–Trinajstić information content (AvgIpc) is 3.83. The third-order valence-corrected chi connectivity index (χ3v) is 2.52. The van der Waals surface area contributed by atoms with Gasteiger partial charge in [0, 0.05) is 24.8 Å². The van der Waals surface area contributed by atoms with Crippen LogP contribution in [0.15, 0.2) is 107 Å². The van der Waals surface area contributed by atoms with Crippen molar-refractivity contribution in [3.05, 3.63) is 103 Å². The topological polar surface area (TPSA) is 51.8 Å². The van der Waals surface area contributed by atoms with Crippen LogP contribution in [0.3, 0.4) is 0 Å². The quantitative estimate of drug-likeness (QED) is 0.188. The summed E-state index contributed by atoms with van der Waals surface area (Å²) < 4.78 is 4.58. The predicted octanol–water partition coefficient (Wildman–Crippen LogP) is 15.3. The Labute approximate surface area is 295 Å². The van der Waals surface area contributed by atoms with Gasteiger partial charge in [-0.25, -0.2) is 9.97 Å². The molecule has 4 heterocycles. The van der Waals surface area contributed by atoms with Crippen LogP contribution >= 0.6 is 11.3 Å². The minimum Gasteiger partial charge on any atom is -0.473 e. The normalized spacial score (nSPS) is 7.48. The number of thiophene rings is 1. The second-order valence-electron chi connectivity index (χ2n) is 10.4. The Morgan fingerprint density at radius 3 is 0.739 bits per heavy atom. The summed E-state index contributed by atoms with van der Waals surface area (Å²) >= 11 is 1.71. The van der Waals surface area contributed by atoms with Gasteiger partial charge in [0.15, 0.2) is 0 Å². The fourth-order valence-electron chi connectivity index (χ4n) is 1.02. The molecule has 0 saturated heterocycles. The number of hydrogen-bond acceptors (Lipinski definition) is 5. The van der Waals surface area contributed by atoms with Gasteiger partial charge >= 0.3 is 0 Å². The standard InChI is InChI=1S/C5H5N.C4H4N2.C4H4O.C4H4S.4C4H10.4C2H6/c1-2-4-6-5-3-1;1-2-5-4-6-3-1;2*1-2-4-5-3-1;4*1-4(2)3;4*1-2/h1-5H;1-4H;2*1-4H;4*4H,1-3H3;4*1-2H3. The highest BCUT2D eigenvalue weighted by Gasteiger charge is 1.69. The maximum Gasteiger partial charge on any atom is 0.115 e. The van der Waals surface area contributed by atoms with Gasteiger partial charge in [-0.3, -0.25) is 4.98 Å². The van der Waals surface area contributed by atoms with E-state index in [-0.39, 0.29) is 0 Å². The van der Waals surface area contributed by atoms with Crippen LogP contribution in [-0.4, -0.2) is 15.0 Å². The lowest BCUT2D eigenvalue weighted by Crippen LogP contribution is -1.66. The third-order valence-electron chi connectivity index (χ3n) is 1.89. The van der Waals surface area contributed by atoms with Crippen LogP contribution in [0.25, 0.3) is 0 Å². The van der Waals surface area contributed by atoms with Crippen molar-refractivity contribution in [3.8, 4) is 0 Å². The van der Waals surface area contributed by atoms with Crippen molar-refractivity contribution in [1.82, 2.24) is 15.0 Å². The predicted molar refractivity (Wildman–Crippen MR) is 217 cm³/mol. The van der Waals surface area contributed by atoms with Crippen molar-refractivity contribution < 1.29 is 4.42 Å². The summed E-state index contributed by atoms with van der Waals surface area (Å²) in [6, 6.07) is 15.2. The van der Waals surface area contributed by atoms with Gasteiger partial charge in [-0.15, -0.1) is 0 Å². The zero-order chi connectivity index (χ0) is 37.9. The van der Waals surface area contributed by atoms with E-state index in [2.05, 4.69) is 102 Å². The van der Waals surface area contributed by atoms with E-state index in [1.807, 2.05) is 109 Å². The van der Waals surface area contributed by atoms with Crippen LogP contribution in [-0.2, 0) is 0 Å². The third kappa shape index (κ3) is 181. The van der Waals surface area contributed by atoms with E-state index < -0.39 is 0 Å². The van der Waals surface area contributed by atoms with Gasteiger partial charge in [-0.2, -0.15) is 11.3 Å². The Bertz CT molecular complexity index is 595. The van der Waals surface area contributed by atoms with Crippen molar-refractivity contribution in [2.24, 2.45) is 23.7 Å². The van der Waals surface area contributed by atoms with Crippen molar-refractivity contribution in [1.29, 1.82) is 0 Å². The van der Waals surface area contributed by atoms with Crippen molar-refractivity contribution >= 4 is 11.3 Å². The SMILES string of the molecule is CC.CC.CC.CC.CC(C)C.CC(C)C.CC(C)C.CC(C)C.c1ccncc1.c1ccoc1.c1ccsc1.c1cncnc1. The molecule has 0 unspecified atom stereocenters. The second kappa shape index (κ2) is 73.6. The smallest absolute Gasteiger partial charge is 0.115 e. The number of aromatic nitrogens is 3. The molecule has 4 aromatic rings. The lowest BCUT2D eigenvalue weighted by atomic mass is 10.3. The van der Waals surface area contributed by atoms with E-state index in [0.29, 0.717) is 0 Å². The molecule has 4 rings (SSSR count). The summed E-state index contributed by atoms with van der Waals surface area (Å²) in [6.45, 7) is 42.0. The first-order valence-electron chi connectivity index (χ1n) is 17.4. The first-order chi connectivity index (χ1) is 21.9. The largest absolute Gasteiger partial charge is 0.473 e. The minimum absolute atomic E-state index is 0.833. The molecule has 0 N–H and O–H groups in total. The molecule has 4 aromatic heterocycles. The lowest BCUT2D eigenvalue weighted by molar-refractivity contribution is 0.567. The van der Waals surface area contributed by atoms with Crippen LogP contribution in [0.5, 0.6) is 0 Å². The fraction of sp³-hybridized carbons (Fsp3) is 0.585. The van der Waals surface area contributed by atoms with Crippen LogP contribution in [0.4, 0.5) is 0 Å². The van der Waals surface area contributed by atoms with Gasteiger partial charge < -0.3 is 4.42 Å². The van der Waals surface area contributed by atoms with Crippen molar-refractivity contribution in [2.75, 3.05) is 0 Å². The Balaban J connectivity index is -0.0000000583. The summed E-state index contributed by atoms with van der Waals surface area (Å²) in [4.78, 5) is 11.1. The molecule has 0 aliphatic carbocycles. The van der Waals surface area contributed by atoms with Crippen molar-refractivity contribution in [3.63, 3.8) is 0 Å². The zero-order valence-corrected chi connectivity index (χ0v) is 35.1. The molecule has 46 heavy (non-hydrogen) atoms. The number of rotatable bonds is 0. The van der Waals surface area contributed by atoms with E-state index in [4.69, 9.17) is 0 Å². The molecular weight excluding hydrogens is 583 g/mol. The molecule has 0 aliphatic heterocycles. The second-order valence-corrected chi connectivity index (χ2v) is 11.3. The Kier molecular flexibility index (Phi) is 99.3. The monoisotopic (exact) mass is 664 g/mol. The molecule has 0 radical (unpaired) electrons. The van der Waals surface area contributed by atoms with Crippen molar-refractivity contribution in [2.45, 2.75) is 138 Å². The highest BCUT2D eigenvalue weighted by atomic mass is 32.1. The summed E-state index contributed by atoms with van der Waals surface area (Å²) in [5, 5.41) is 4.08. The number of nitrogens with zero attached hydrogens (tertiary/aromatic N) is 3. The van der Waals surface area contributed by atoms with Gasteiger partial charge in [0.05, 0.1) is 12.5 Å². The highest BCUT2D eigenvalue weighted by molar-refractivity contribution is 7.07. The van der Waals surface area contributed by atoms with E-state index in [1.54, 1.807) is 54.7 Å². The Morgan fingerprint density at radius 1 is 0.370 bits per heavy atom. The zero-order valence-electron chi connectivity index (χ0n) is 34.3. The molecule has 4 nitrogen and oxygen atoms in total. The molecular formula is C41H81N3OS. The summed E-state index contributed by atoms with van der Waals surface area (Å²) in [6.07, 6.45) is 11.6. The minimum atomic E-state index is 0.833. The van der Waals surface area contributed by atoms with E-state index in [0.717, 1.165) is 23.7 Å². The van der Waals surface area contributed by atoms with Crippen LogP contribution < -0.4 is 0 Å². The summed E-state index contributed by atoms with van der Waals surface area (Å²) in [5.41, 5.74) is 0. The molecule has 0 fully saturated rings. The van der Waals surface area contributed by atoms with Gasteiger partial charge in [0.25, 0.3) is 0 Å². The molecule has 0 amide bonds. The molecule has 0 atom stereocenters. The molecule has 0 bridgehead atoms. The van der Waals surface area contributed by atoms with Gasteiger partial charge in [-0.1, -0.05) is 157 Å². The highest BCUT2D eigenvalue weighted by Crippen LogP contribution is 1.91. The van der Waals surface area contributed by atoms with Gasteiger partial charge in [-0.05, 0) is 64.8 Å². The van der Waals surface area contributed by atoms with Crippen LogP contribution in [0.1, 0.15) is 138 Å². The maximum absolute atomic E-state index is 4.58. The lowest BCUT2D eigenvalue weighted by Gasteiger charge is -1.79. The fourth-order valence-corrected chi connectivity index (χ4v) is 1.47. The molecule has 5 heteroatoms. The summed E-state index contributed by atoms with van der Waals surface area (Å²) in [5.74, 6) is 3.33. The van der Waals surface area contributed by atoms with Crippen LogP contribution in [0.2, 0.25) is 0 Å². The number of furan rings is 1. The van der Waals surface area contributed by atoms with Gasteiger partial charge in [0.2, 0.25) is 0 Å². The van der Waals surface area contributed by atoms with E-state index in [9.17, 15) is 0 Å². The summed E-state index contributed by atoms with van der Waals surface area (Å²) in [7, 11) is 0. The molecule has 0 aliphatic rings. The van der Waals surface area contributed by atoms with Crippen LogP contribution in [0, 0.1) is 23.7 Å². The molecule has 0 saturated carbocycles. The van der Waals surface area contributed by atoms with Gasteiger partial charge in [0.1, 0.15) is 6.33 Å². The molecule has 0 aromatic carbocycles. The number of hydrogen-bond donors (Lipinski definition) is 0. The molecule has 272 valence electrons. The first kappa shape index (κ1) is 62.1. The van der Waals surface area contributed by atoms with E-state index in [1.165, 1.54) is 6.33 Å². The number of pyridine rings is 1. The van der Waals surface area contributed by atoms with E-state index >= 15 is 0 Å². The average molecular weight is 664 g/mol. The first-order valence-corrected chi connectivity index (χ1v) is 18.4. The Hall–Kier alpha value is -2.79.